The third-order valence-electron chi connectivity index (χ3n) is 4.43. The molecule has 1 fully saturated rings. The third kappa shape index (κ3) is 6.46. The Hall–Kier alpha value is -2.22. The quantitative estimate of drug-likeness (QED) is 0.621. The summed E-state index contributed by atoms with van der Waals surface area (Å²) < 4.78 is 10.5. The summed E-state index contributed by atoms with van der Waals surface area (Å²) in [6.07, 6.45) is 0.932. The van der Waals surface area contributed by atoms with Crippen LogP contribution < -0.4 is 10.6 Å². The summed E-state index contributed by atoms with van der Waals surface area (Å²) in [5, 5.41) is 6.82. The lowest BCUT2D eigenvalue weighted by molar-refractivity contribution is 0.0398. The monoisotopic (exact) mass is 371 g/mol. The highest BCUT2D eigenvalue weighted by Gasteiger charge is 2.10. The molecule has 2 aromatic rings. The van der Waals surface area contributed by atoms with Gasteiger partial charge in [0, 0.05) is 58.1 Å². The van der Waals surface area contributed by atoms with E-state index in [1.165, 1.54) is 0 Å². The Morgan fingerprint density at radius 1 is 1.04 bits per heavy atom. The fraction of sp³-hybridized carbons (Fsp3) is 0.500. The van der Waals surface area contributed by atoms with Crippen LogP contribution in [0.15, 0.2) is 36.4 Å². The van der Waals surface area contributed by atoms with Crippen molar-refractivity contribution in [3.63, 3.8) is 0 Å². The molecule has 3 rings (SSSR count). The number of methoxy groups -OCH3 is 1. The van der Waals surface area contributed by atoms with E-state index in [1.807, 2.05) is 36.4 Å². The zero-order chi connectivity index (χ0) is 18.7. The van der Waals surface area contributed by atoms with Crippen molar-refractivity contribution in [1.82, 2.24) is 14.9 Å². The lowest BCUT2D eigenvalue weighted by Gasteiger charge is -2.26. The Bertz CT molecular complexity index is 677. The standard InChI is InChI=1S/C20H29N5O2/c1-26-13-5-8-21-18-16-19(22-9-10-25-11-14-27-15-12-25)24-20(23-18)17-6-3-2-4-7-17/h2-4,6-7,16H,5,8-15H2,1H3,(H2,21,22,23,24). The number of aromatic nitrogens is 2. The van der Waals surface area contributed by atoms with Gasteiger partial charge in [-0.05, 0) is 6.42 Å². The number of anilines is 2. The molecule has 1 aromatic carbocycles. The first-order chi connectivity index (χ1) is 13.3. The van der Waals surface area contributed by atoms with Gasteiger partial charge < -0.3 is 20.1 Å². The van der Waals surface area contributed by atoms with Gasteiger partial charge in [-0.2, -0.15) is 0 Å². The van der Waals surface area contributed by atoms with Crippen molar-refractivity contribution in [2.45, 2.75) is 6.42 Å². The Labute approximate surface area is 161 Å². The molecule has 1 saturated heterocycles. The molecule has 146 valence electrons. The molecule has 0 amide bonds. The van der Waals surface area contributed by atoms with Gasteiger partial charge in [0.2, 0.25) is 0 Å². The zero-order valence-electron chi connectivity index (χ0n) is 16.0. The lowest BCUT2D eigenvalue weighted by atomic mass is 10.2. The third-order valence-corrected chi connectivity index (χ3v) is 4.43. The molecule has 0 unspecified atom stereocenters. The summed E-state index contributed by atoms with van der Waals surface area (Å²) in [4.78, 5) is 11.8. The predicted molar refractivity (Wildman–Crippen MR) is 108 cm³/mol. The van der Waals surface area contributed by atoms with E-state index < -0.39 is 0 Å². The van der Waals surface area contributed by atoms with E-state index in [-0.39, 0.29) is 0 Å². The van der Waals surface area contributed by atoms with E-state index in [0.29, 0.717) is 0 Å². The number of rotatable bonds is 10. The summed E-state index contributed by atoms with van der Waals surface area (Å²) in [6.45, 7) is 6.99. The molecule has 1 aliphatic heterocycles. The minimum absolute atomic E-state index is 0.723. The zero-order valence-corrected chi connectivity index (χ0v) is 16.0. The van der Waals surface area contributed by atoms with Crippen LogP contribution in [0.3, 0.4) is 0 Å². The molecule has 0 aliphatic carbocycles. The molecule has 0 radical (unpaired) electrons. The second kappa shape index (κ2) is 10.8. The molecule has 7 nitrogen and oxygen atoms in total. The molecule has 27 heavy (non-hydrogen) atoms. The SMILES string of the molecule is COCCCNc1cc(NCCN2CCOCC2)nc(-c2ccccc2)n1. The van der Waals surface area contributed by atoms with Gasteiger partial charge in [0.05, 0.1) is 13.2 Å². The summed E-state index contributed by atoms with van der Waals surface area (Å²) >= 11 is 0. The summed E-state index contributed by atoms with van der Waals surface area (Å²) in [7, 11) is 1.72. The number of nitrogens with zero attached hydrogens (tertiary/aromatic N) is 3. The molecule has 1 aliphatic rings. The molecular formula is C20H29N5O2. The Morgan fingerprint density at radius 3 is 2.44 bits per heavy atom. The Kier molecular flexibility index (Phi) is 7.83. The highest BCUT2D eigenvalue weighted by Crippen LogP contribution is 2.20. The second-order valence-corrected chi connectivity index (χ2v) is 6.48. The molecular weight excluding hydrogens is 342 g/mol. The molecule has 7 heteroatoms. The van der Waals surface area contributed by atoms with Gasteiger partial charge in [0.25, 0.3) is 0 Å². The lowest BCUT2D eigenvalue weighted by Crippen LogP contribution is -2.39. The van der Waals surface area contributed by atoms with Gasteiger partial charge in [-0.25, -0.2) is 9.97 Å². The van der Waals surface area contributed by atoms with Crippen LogP contribution in [0.2, 0.25) is 0 Å². The number of hydrogen-bond donors (Lipinski definition) is 2. The number of ether oxygens (including phenoxy) is 2. The van der Waals surface area contributed by atoms with Crippen molar-refractivity contribution < 1.29 is 9.47 Å². The molecule has 2 N–H and O–H groups in total. The fourth-order valence-electron chi connectivity index (χ4n) is 2.94. The smallest absolute Gasteiger partial charge is 0.163 e. The minimum Gasteiger partial charge on any atom is -0.385 e. The van der Waals surface area contributed by atoms with Gasteiger partial charge in [-0.3, -0.25) is 4.90 Å². The van der Waals surface area contributed by atoms with Gasteiger partial charge in [-0.1, -0.05) is 30.3 Å². The number of morpholine rings is 1. The van der Waals surface area contributed by atoms with E-state index in [2.05, 4.69) is 20.5 Å². The van der Waals surface area contributed by atoms with E-state index in [1.54, 1.807) is 7.11 Å². The fourth-order valence-corrected chi connectivity index (χ4v) is 2.94. The van der Waals surface area contributed by atoms with Gasteiger partial charge in [0.15, 0.2) is 5.82 Å². The second-order valence-electron chi connectivity index (χ2n) is 6.48. The Morgan fingerprint density at radius 2 is 1.74 bits per heavy atom. The number of hydrogen-bond acceptors (Lipinski definition) is 7. The summed E-state index contributed by atoms with van der Waals surface area (Å²) in [6, 6.07) is 12.0. The molecule has 0 atom stereocenters. The normalized spacial score (nSPS) is 14.9. The first-order valence-electron chi connectivity index (χ1n) is 9.56. The summed E-state index contributed by atoms with van der Waals surface area (Å²) in [5.74, 6) is 2.39. The molecule has 0 spiro atoms. The van der Waals surface area contributed by atoms with Crippen LogP contribution in [0, 0.1) is 0 Å². The van der Waals surface area contributed by atoms with E-state index in [4.69, 9.17) is 14.5 Å². The Balaban J connectivity index is 1.65. The van der Waals surface area contributed by atoms with E-state index in [0.717, 1.165) is 82.0 Å². The highest BCUT2D eigenvalue weighted by atomic mass is 16.5. The van der Waals surface area contributed by atoms with Crippen LogP contribution in [0.25, 0.3) is 11.4 Å². The van der Waals surface area contributed by atoms with Crippen molar-refractivity contribution in [3.05, 3.63) is 36.4 Å². The van der Waals surface area contributed by atoms with Gasteiger partial charge >= 0.3 is 0 Å². The van der Waals surface area contributed by atoms with E-state index in [9.17, 15) is 0 Å². The first kappa shape index (κ1) is 19.5. The van der Waals surface area contributed by atoms with Crippen molar-refractivity contribution in [2.24, 2.45) is 0 Å². The van der Waals surface area contributed by atoms with Crippen LogP contribution in [0.1, 0.15) is 6.42 Å². The average molecular weight is 371 g/mol. The molecule has 2 heterocycles. The predicted octanol–water partition coefficient (Wildman–Crippen LogP) is 2.34. The maximum atomic E-state index is 5.40. The minimum atomic E-state index is 0.723. The largest absolute Gasteiger partial charge is 0.385 e. The van der Waals surface area contributed by atoms with Gasteiger partial charge in [0.1, 0.15) is 11.6 Å². The first-order valence-corrected chi connectivity index (χ1v) is 9.56. The number of nitrogens with one attached hydrogen (secondary N) is 2. The van der Waals surface area contributed by atoms with Crippen molar-refractivity contribution in [1.29, 1.82) is 0 Å². The maximum absolute atomic E-state index is 5.40. The highest BCUT2D eigenvalue weighted by molar-refractivity contribution is 5.61. The van der Waals surface area contributed by atoms with Crippen molar-refractivity contribution in [3.8, 4) is 11.4 Å². The van der Waals surface area contributed by atoms with Crippen LogP contribution in [0.4, 0.5) is 11.6 Å². The topological polar surface area (TPSA) is 71.5 Å². The number of benzene rings is 1. The molecule has 1 aromatic heterocycles. The van der Waals surface area contributed by atoms with E-state index >= 15 is 0 Å². The van der Waals surface area contributed by atoms with Crippen LogP contribution in [-0.2, 0) is 9.47 Å². The van der Waals surface area contributed by atoms with Crippen LogP contribution in [-0.4, -0.2) is 74.5 Å². The van der Waals surface area contributed by atoms with Gasteiger partial charge in [-0.15, -0.1) is 0 Å². The average Bonchev–Trinajstić information content (AvgIpc) is 2.73. The molecule has 0 bridgehead atoms. The summed E-state index contributed by atoms with van der Waals surface area (Å²) in [5.41, 5.74) is 1.01. The maximum Gasteiger partial charge on any atom is 0.163 e. The molecule has 0 saturated carbocycles. The van der Waals surface area contributed by atoms with Crippen LogP contribution >= 0.6 is 0 Å². The van der Waals surface area contributed by atoms with Crippen molar-refractivity contribution in [2.75, 3.05) is 70.3 Å². The van der Waals surface area contributed by atoms with Crippen LogP contribution in [0.5, 0.6) is 0 Å². The van der Waals surface area contributed by atoms with Crippen molar-refractivity contribution >= 4 is 11.6 Å².